The summed E-state index contributed by atoms with van der Waals surface area (Å²) in [6, 6.07) is 3.56. The van der Waals surface area contributed by atoms with Gasteiger partial charge in [0.25, 0.3) is 0 Å². The van der Waals surface area contributed by atoms with Crippen LogP contribution in [0.25, 0.3) is 16.2 Å². The Morgan fingerprint density at radius 2 is 2.05 bits per heavy atom. The highest BCUT2D eigenvalue weighted by Crippen LogP contribution is 2.30. The van der Waals surface area contributed by atoms with E-state index in [1.807, 2.05) is 13.8 Å². The summed E-state index contributed by atoms with van der Waals surface area (Å²) in [7, 11) is 0. The maximum Gasteiger partial charge on any atom is 0.213 e. The van der Waals surface area contributed by atoms with E-state index in [4.69, 9.17) is 0 Å². The number of hydrogen-bond acceptors (Lipinski definition) is 4. The van der Waals surface area contributed by atoms with E-state index in [2.05, 4.69) is 10.1 Å². The molecule has 2 aromatic heterocycles. The van der Waals surface area contributed by atoms with E-state index in [0.717, 1.165) is 17.1 Å². The van der Waals surface area contributed by atoms with Gasteiger partial charge in [0.05, 0.1) is 18.0 Å². The summed E-state index contributed by atoms with van der Waals surface area (Å²) in [5, 5.41) is 14.9. The molecule has 0 saturated heterocycles. The largest absolute Gasteiger partial charge is 0.390 e. The summed E-state index contributed by atoms with van der Waals surface area (Å²) >= 11 is 1.42. The fourth-order valence-electron chi connectivity index (χ4n) is 2.05. The average Bonchev–Trinajstić information content (AvgIpc) is 2.98. The van der Waals surface area contributed by atoms with Crippen molar-refractivity contribution in [1.82, 2.24) is 14.6 Å². The van der Waals surface area contributed by atoms with Gasteiger partial charge in [0.15, 0.2) is 11.6 Å². The van der Waals surface area contributed by atoms with Crippen LogP contribution in [0.3, 0.4) is 0 Å². The standard InChI is InChI=1S/C14H13F2N3OS/c1-7(2)13-18-19-11(6-20)12(17-14(19)21-13)8-3-4-9(15)10(16)5-8/h3-5,7,20H,6H2,1-2H3. The minimum absolute atomic E-state index is 0.259. The first kappa shape index (κ1) is 14.1. The van der Waals surface area contributed by atoms with Gasteiger partial charge >= 0.3 is 0 Å². The van der Waals surface area contributed by atoms with Crippen LogP contribution in [-0.4, -0.2) is 19.7 Å². The molecule has 0 aliphatic heterocycles. The number of aromatic nitrogens is 3. The molecular weight excluding hydrogens is 296 g/mol. The van der Waals surface area contributed by atoms with Gasteiger partial charge in [-0.05, 0) is 18.2 Å². The molecule has 110 valence electrons. The number of nitrogens with zero attached hydrogens (tertiary/aromatic N) is 3. The second-order valence-corrected chi connectivity index (χ2v) is 5.97. The lowest BCUT2D eigenvalue weighted by Gasteiger charge is -2.02. The summed E-state index contributed by atoms with van der Waals surface area (Å²) in [5.41, 5.74) is 1.31. The van der Waals surface area contributed by atoms with Gasteiger partial charge < -0.3 is 5.11 Å². The molecular formula is C14H13F2N3OS. The van der Waals surface area contributed by atoms with E-state index in [1.54, 1.807) is 4.52 Å². The third-order valence-electron chi connectivity index (χ3n) is 3.15. The number of rotatable bonds is 3. The average molecular weight is 309 g/mol. The van der Waals surface area contributed by atoms with E-state index < -0.39 is 11.6 Å². The van der Waals surface area contributed by atoms with Gasteiger partial charge in [-0.15, -0.1) is 0 Å². The second kappa shape index (κ2) is 5.16. The number of hydrogen-bond donors (Lipinski definition) is 1. The van der Waals surface area contributed by atoms with E-state index in [0.29, 0.717) is 21.9 Å². The minimum atomic E-state index is -0.941. The van der Waals surface area contributed by atoms with Gasteiger partial charge in [0.2, 0.25) is 4.96 Å². The minimum Gasteiger partial charge on any atom is -0.390 e. The van der Waals surface area contributed by atoms with Crippen molar-refractivity contribution >= 4 is 16.3 Å². The summed E-state index contributed by atoms with van der Waals surface area (Å²) in [6.45, 7) is 3.76. The molecule has 1 N–H and O–H groups in total. The monoisotopic (exact) mass is 309 g/mol. The highest BCUT2D eigenvalue weighted by atomic mass is 32.1. The molecule has 21 heavy (non-hydrogen) atoms. The van der Waals surface area contributed by atoms with Crippen LogP contribution < -0.4 is 0 Å². The van der Waals surface area contributed by atoms with Gasteiger partial charge in [-0.1, -0.05) is 25.2 Å². The molecule has 0 unspecified atom stereocenters. The Morgan fingerprint density at radius 3 is 2.67 bits per heavy atom. The van der Waals surface area contributed by atoms with Crippen molar-refractivity contribution in [3.63, 3.8) is 0 Å². The first-order chi connectivity index (χ1) is 10.0. The molecule has 7 heteroatoms. The highest BCUT2D eigenvalue weighted by Gasteiger charge is 2.19. The van der Waals surface area contributed by atoms with Gasteiger partial charge in [-0.2, -0.15) is 5.10 Å². The van der Waals surface area contributed by atoms with Crippen LogP contribution in [0.15, 0.2) is 18.2 Å². The molecule has 0 spiro atoms. The first-order valence-electron chi connectivity index (χ1n) is 6.46. The van der Waals surface area contributed by atoms with Crippen LogP contribution in [0.2, 0.25) is 0 Å². The maximum absolute atomic E-state index is 13.4. The van der Waals surface area contributed by atoms with E-state index in [1.165, 1.54) is 17.4 Å². The van der Waals surface area contributed by atoms with Crippen molar-refractivity contribution in [3.8, 4) is 11.3 Å². The Hall–Kier alpha value is -1.86. The van der Waals surface area contributed by atoms with Gasteiger partial charge in [-0.25, -0.2) is 18.3 Å². The van der Waals surface area contributed by atoms with Crippen LogP contribution in [0, 0.1) is 11.6 Å². The van der Waals surface area contributed by atoms with Crippen LogP contribution >= 0.6 is 11.3 Å². The zero-order chi connectivity index (χ0) is 15.1. The maximum atomic E-state index is 13.4. The van der Waals surface area contributed by atoms with E-state index in [9.17, 15) is 13.9 Å². The molecule has 0 aliphatic rings. The number of aliphatic hydroxyl groups is 1. The Kier molecular flexibility index (Phi) is 3.46. The summed E-state index contributed by atoms with van der Waals surface area (Å²) < 4.78 is 28.0. The van der Waals surface area contributed by atoms with Gasteiger partial charge in [-0.3, -0.25) is 0 Å². The number of halogens is 2. The lowest BCUT2D eigenvalue weighted by atomic mass is 10.1. The fraction of sp³-hybridized carbons (Fsp3) is 0.286. The van der Waals surface area contributed by atoms with Crippen molar-refractivity contribution in [2.24, 2.45) is 0 Å². The predicted molar refractivity (Wildman–Crippen MR) is 76.2 cm³/mol. The molecule has 0 saturated carbocycles. The summed E-state index contributed by atoms with van der Waals surface area (Å²) in [6.07, 6.45) is 0. The molecule has 4 nitrogen and oxygen atoms in total. The molecule has 0 amide bonds. The second-order valence-electron chi connectivity index (χ2n) is 4.98. The van der Waals surface area contributed by atoms with Crippen LogP contribution in [-0.2, 0) is 6.61 Å². The van der Waals surface area contributed by atoms with Crippen LogP contribution in [0.1, 0.15) is 30.5 Å². The van der Waals surface area contributed by atoms with Crippen LogP contribution in [0.5, 0.6) is 0 Å². The SMILES string of the molecule is CC(C)c1nn2c(CO)c(-c3ccc(F)c(F)c3)nc2s1. The molecule has 1 aromatic carbocycles. The Morgan fingerprint density at radius 1 is 1.29 bits per heavy atom. The molecule has 3 rings (SSSR count). The van der Waals surface area contributed by atoms with Crippen molar-refractivity contribution in [1.29, 1.82) is 0 Å². The molecule has 0 bridgehead atoms. The number of fused-ring (bicyclic) bond motifs is 1. The highest BCUT2D eigenvalue weighted by molar-refractivity contribution is 7.16. The number of benzene rings is 1. The molecule has 0 aliphatic carbocycles. The van der Waals surface area contributed by atoms with Crippen molar-refractivity contribution in [2.75, 3.05) is 0 Å². The summed E-state index contributed by atoms with van der Waals surface area (Å²) in [4.78, 5) is 5.02. The normalized spacial score (nSPS) is 11.7. The lowest BCUT2D eigenvalue weighted by molar-refractivity contribution is 0.275. The fourth-order valence-corrected chi connectivity index (χ4v) is 2.97. The molecule has 2 heterocycles. The van der Waals surface area contributed by atoms with Crippen molar-refractivity contribution < 1.29 is 13.9 Å². The van der Waals surface area contributed by atoms with Crippen molar-refractivity contribution in [3.05, 3.63) is 40.5 Å². The topological polar surface area (TPSA) is 50.4 Å². The Balaban J connectivity index is 2.18. The van der Waals surface area contributed by atoms with E-state index in [-0.39, 0.29) is 12.5 Å². The zero-order valence-electron chi connectivity index (χ0n) is 11.5. The third kappa shape index (κ3) is 2.32. The van der Waals surface area contributed by atoms with Crippen molar-refractivity contribution in [2.45, 2.75) is 26.4 Å². The molecule has 0 fully saturated rings. The molecule has 0 atom stereocenters. The predicted octanol–water partition coefficient (Wildman–Crippen LogP) is 3.35. The van der Waals surface area contributed by atoms with E-state index >= 15 is 0 Å². The molecule has 0 radical (unpaired) electrons. The first-order valence-corrected chi connectivity index (χ1v) is 7.27. The van der Waals surface area contributed by atoms with Gasteiger partial charge in [0, 0.05) is 11.5 Å². The molecule has 3 aromatic rings. The smallest absolute Gasteiger partial charge is 0.213 e. The van der Waals surface area contributed by atoms with Crippen LogP contribution in [0.4, 0.5) is 8.78 Å². The Labute approximate surface area is 123 Å². The van der Waals surface area contributed by atoms with Gasteiger partial charge in [0.1, 0.15) is 5.01 Å². The lowest BCUT2D eigenvalue weighted by Crippen LogP contribution is -1.98. The number of imidazole rings is 1. The zero-order valence-corrected chi connectivity index (χ0v) is 12.3. The summed E-state index contributed by atoms with van der Waals surface area (Å²) in [5.74, 6) is -1.59. The number of aliphatic hydroxyl groups excluding tert-OH is 1. The quantitative estimate of drug-likeness (QED) is 0.807. The third-order valence-corrected chi connectivity index (χ3v) is 4.36. The Bertz CT molecular complexity index is 810.